The van der Waals surface area contributed by atoms with E-state index in [0.717, 1.165) is 5.56 Å². The first-order chi connectivity index (χ1) is 7.65. The van der Waals surface area contributed by atoms with Crippen LogP contribution in [0, 0.1) is 0 Å². The number of oxazole rings is 1. The molecule has 2 aromatic rings. The van der Waals surface area contributed by atoms with Crippen LogP contribution in [0.15, 0.2) is 27.4 Å². The largest absolute Gasteiger partial charge is 0.417 e. The highest BCUT2D eigenvalue weighted by atomic mass is 16.4. The molecule has 2 amide bonds. The van der Waals surface area contributed by atoms with Crippen molar-refractivity contribution in [2.75, 3.05) is 6.54 Å². The van der Waals surface area contributed by atoms with Crippen LogP contribution in [0.3, 0.4) is 0 Å². The summed E-state index contributed by atoms with van der Waals surface area (Å²) in [5.41, 5.74) is 7.10. The number of hydrogen-bond acceptors (Lipinski definition) is 3. The van der Waals surface area contributed by atoms with Gasteiger partial charge in [-0.3, -0.25) is 4.98 Å². The number of H-pyrrole nitrogens is 1. The molecule has 0 atom stereocenters. The topological polar surface area (TPSA) is 101 Å². The molecule has 0 saturated carbocycles. The molecule has 84 valence electrons. The smallest absolute Gasteiger partial charge is 0.408 e. The number of urea groups is 1. The number of aromatic amines is 1. The Kier molecular flexibility index (Phi) is 2.63. The number of carbonyl (C=O) groups excluding carboxylic acids is 1. The van der Waals surface area contributed by atoms with Crippen molar-refractivity contribution < 1.29 is 9.21 Å². The van der Waals surface area contributed by atoms with Crippen molar-refractivity contribution in [1.82, 2.24) is 10.3 Å². The number of amides is 2. The second-order valence-electron chi connectivity index (χ2n) is 3.39. The average molecular weight is 221 g/mol. The van der Waals surface area contributed by atoms with Gasteiger partial charge in [0.1, 0.15) is 0 Å². The average Bonchev–Trinajstić information content (AvgIpc) is 2.56. The van der Waals surface area contributed by atoms with Crippen LogP contribution in [0.5, 0.6) is 0 Å². The number of nitrogens with one attached hydrogen (secondary N) is 2. The Morgan fingerprint density at radius 3 is 3.06 bits per heavy atom. The van der Waals surface area contributed by atoms with Crippen molar-refractivity contribution in [2.24, 2.45) is 5.73 Å². The standard InChI is InChI=1S/C10H11N3O3/c11-9(14)12-4-3-6-1-2-8-7(5-6)13-10(15)16-8/h1-2,5H,3-4H2,(H,13,15)(H3,11,12,14). The number of rotatable bonds is 3. The summed E-state index contributed by atoms with van der Waals surface area (Å²) in [7, 11) is 0. The maximum Gasteiger partial charge on any atom is 0.417 e. The van der Waals surface area contributed by atoms with Crippen molar-refractivity contribution >= 4 is 17.1 Å². The Labute approximate surface area is 90.4 Å². The van der Waals surface area contributed by atoms with E-state index in [4.69, 9.17) is 10.2 Å². The fraction of sp³-hybridized carbons (Fsp3) is 0.200. The van der Waals surface area contributed by atoms with Crippen LogP contribution in [-0.2, 0) is 6.42 Å². The zero-order valence-electron chi connectivity index (χ0n) is 8.45. The molecule has 0 aliphatic heterocycles. The van der Waals surface area contributed by atoms with Gasteiger partial charge < -0.3 is 15.5 Å². The molecule has 0 bridgehead atoms. The lowest BCUT2D eigenvalue weighted by Crippen LogP contribution is -2.30. The third-order valence-corrected chi connectivity index (χ3v) is 2.20. The number of benzene rings is 1. The Balaban J connectivity index is 2.13. The van der Waals surface area contributed by atoms with E-state index in [2.05, 4.69) is 10.3 Å². The molecule has 1 aromatic heterocycles. The molecule has 0 spiro atoms. The molecule has 1 heterocycles. The van der Waals surface area contributed by atoms with E-state index in [-0.39, 0.29) is 0 Å². The van der Waals surface area contributed by atoms with Gasteiger partial charge in [-0.15, -0.1) is 0 Å². The van der Waals surface area contributed by atoms with Crippen LogP contribution >= 0.6 is 0 Å². The van der Waals surface area contributed by atoms with Crippen LogP contribution in [-0.4, -0.2) is 17.6 Å². The molecular formula is C10H11N3O3. The first kappa shape index (κ1) is 10.3. The zero-order valence-corrected chi connectivity index (χ0v) is 8.45. The molecule has 0 aliphatic carbocycles. The van der Waals surface area contributed by atoms with Crippen molar-refractivity contribution in [3.63, 3.8) is 0 Å². The van der Waals surface area contributed by atoms with E-state index in [0.29, 0.717) is 24.1 Å². The summed E-state index contributed by atoms with van der Waals surface area (Å²) in [6.45, 7) is 0.461. The van der Waals surface area contributed by atoms with Gasteiger partial charge in [0, 0.05) is 6.54 Å². The summed E-state index contributed by atoms with van der Waals surface area (Å²) in [4.78, 5) is 23.9. The molecule has 2 rings (SSSR count). The third-order valence-electron chi connectivity index (χ3n) is 2.20. The number of aromatic nitrogens is 1. The lowest BCUT2D eigenvalue weighted by atomic mass is 10.1. The van der Waals surface area contributed by atoms with Gasteiger partial charge in [-0.25, -0.2) is 9.59 Å². The summed E-state index contributed by atoms with van der Waals surface area (Å²) < 4.78 is 4.86. The lowest BCUT2D eigenvalue weighted by molar-refractivity contribution is 0.249. The molecule has 6 nitrogen and oxygen atoms in total. The minimum absolute atomic E-state index is 0.461. The normalized spacial score (nSPS) is 10.5. The van der Waals surface area contributed by atoms with Gasteiger partial charge in [0.05, 0.1) is 5.52 Å². The van der Waals surface area contributed by atoms with Crippen LogP contribution in [0.1, 0.15) is 5.56 Å². The summed E-state index contributed by atoms with van der Waals surface area (Å²) in [5, 5.41) is 2.49. The van der Waals surface area contributed by atoms with E-state index in [1.807, 2.05) is 12.1 Å². The number of fused-ring (bicyclic) bond motifs is 1. The molecule has 16 heavy (non-hydrogen) atoms. The lowest BCUT2D eigenvalue weighted by Gasteiger charge is -2.01. The molecule has 0 fully saturated rings. The molecule has 0 unspecified atom stereocenters. The van der Waals surface area contributed by atoms with Crippen LogP contribution < -0.4 is 16.8 Å². The summed E-state index contributed by atoms with van der Waals surface area (Å²) in [6.07, 6.45) is 0.645. The number of hydrogen-bond donors (Lipinski definition) is 3. The first-order valence-electron chi connectivity index (χ1n) is 4.80. The van der Waals surface area contributed by atoms with Gasteiger partial charge in [0.25, 0.3) is 0 Å². The van der Waals surface area contributed by atoms with Crippen molar-refractivity contribution in [2.45, 2.75) is 6.42 Å². The molecule has 6 heteroatoms. The summed E-state index contributed by atoms with van der Waals surface area (Å²) >= 11 is 0. The highest BCUT2D eigenvalue weighted by molar-refractivity contribution is 5.73. The Bertz CT molecular complexity index is 570. The minimum Gasteiger partial charge on any atom is -0.408 e. The first-order valence-corrected chi connectivity index (χ1v) is 4.80. The van der Waals surface area contributed by atoms with E-state index < -0.39 is 11.8 Å². The van der Waals surface area contributed by atoms with Gasteiger partial charge in [0.2, 0.25) is 0 Å². The molecule has 1 aromatic carbocycles. The predicted molar refractivity (Wildman–Crippen MR) is 58.1 cm³/mol. The Morgan fingerprint density at radius 1 is 1.50 bits per heavy atom. The highest BCUT2D eigenvalue weighted by Gasteiger charge is 2.02. The second-order valence-corrected chi connectivity index (χ2v) is 3.39. The molecule has 0 saturated heterocycles. The third kappa shape index (κ3) is 2.22. The van der Waals surface area contributed by atoms with Gasteiger partial charge in [-0.05, 0) is 24.1 Å². The van der Waals surface area contributed by atoms with Crippen LogP contribution in [0.4, 0.5) is 4.79 Å². The summed E-state index contributed by atoms with van der Waals surface area (Å²) in [6, 6.07) is 4.81. The molecular weight excluding hydrogens is 210 g/mol. The molecule has 0 aliphatic rings. The highest BCUT2D eigenvalue weighted by Crippen LogP contribution is 2.12. The predicted octanol–water partition coefficient (Wildman–Crippen LogP) is 0.332. The monoisotopic (exact) mass is 221 g/mol. The van der Waals surface area contributed by atoms with Crippen LogP contribution in [0.2, 0.25) is 0 Å². The van der Waals surface area contributed by atoms with Gasteiger partial charge >= 0.3 is 11.8 Å². The number of carbonyl (C=O) groups is 1. The molecule has 4 N–H and O–H groups in total. The SMILES string of the molecule is NC(=O)NCCc1ccc2oc(=O)[nH]c2c1. The van der Waals surface area contributed by atoms with Gasteiger partial charge in [0.15, 0.2) is 5.58 Å². The maximum atomic E-state index is 10.9. The fourth-order valence-electron chi connectivity index (χ4n) is 1.48. The Morgan fingerprint density at radius 2 is 2.31 bits per heavy atom. The van der Waals surface area contributed by atoms with Gasteiger partial charge in [-0.2, -0.15) is 0 Å². The number of primary amides is 1. The summed E-state index contributed by atoms with van der Waals surface area (Å²) in [5.74, 6) is -0.470. The quantitative estimate of drug-likeness (QED) is 0.696. The van der Waals surface area contributed by atoms with E-state index in [9.17, 15) is 9.59 Å². The fourth-order valence-corrected chi connectivity index (χ4v) is 1.48. The second kappa shape index (κ2) is 4.09. The van der Waals surface area contributed by atoms with E-state index in [1.54, 1.807) is 6.07 Å². The van der Waals surface area contributed by atoms with E-state index in [1.165, 1.54) is 0 Å². The minimum atomic E-state index is -0.544. The van der Waals surface area contributed by atoms with Crippen LogP contribution in [0.25, 0.3) is 11.1 Å². The molecule has 0 radical (unpaired) electrons. The Hall–Kier alpha value is -2.24. The van der Waals surface area contributed by atoms with E-state index >= 15 is 0 Å². The number of nitrogens with two attached hydrogens (primary N) is 1. The van der Waals surface area contributed by atoms with Crippen molar-refractivity contribution in [3.8, 4) is 0 Å². The van der Waals surface area contributed by atoms with Crippen molar-refractivity contribution in [1.29, 1.82) is 0 Å². The zero-order chi connectivity index (χ0) is 11.5. The maximum absolute atomic E-state index is 10.9. The van der Waals surface area contributed by atoms with Crippen molar-refractivity contribution in [3.05, 3.63) is 34.3 Å². The van der Waals surface area contributed by atoms with Gasteiger partial charge in [-0.1, -0.05) is 6.07 Å².